The van der Waals surface area contributed by atoms with Crippen LogP contribution in [-0.2, 0) is 6.54 Å². The van der Waals surface area contributed by atoms with Crippen LogP contribution >= 0.6 is 0 Å². The van der Waals surface area contributed by atoms with Gasteiger partial charge < -0.3 is 0 Å². The summed E-state index contributed by atoms with van der Waals surface area (Å²) in [7, 11) is 0. The first kappa shape index (κ1) is 17.9. The lowest BCUT2D eigenvalue weighted by Crippen LogP contribution is -2.32. The average Bonchev–Trinajstić information content (AvgIpc) is 2.67. The first-order valence-corrected chi connectivity index (χ1v) is 8.79. The Kier molecular flexibility index (Phi) is 6.74. The monoisotopic (exact) mass is 318 g/mol. The van der Waals surface area contributed by atoms with E-state index >= 15 is 0 Å². The van der Waals surface area contributed by atoms with E-state index in [1.54, 1.807) is 0 Å². The number of pyridine rings is 1. The summed E-state index contributed by atoms with van der Waals surface area (Å²) in [6, 6.07) is 21.2. The third-order valence-electron chi connectivity index (χ3n) is 4.50. The highest BCUT2D eigenvalue weighted by Gasteiger charge is 2.07. The molecule has 0 saturated carbocycles. The van der Waals surface area contributed by atoms with Crippen LogP contribution in [0.25, 0.3) is 17.0 Å². The van der Waals surface area contributed by atoms with Gasteiger partial charge >= 0.3 is 0 Å². The molecule has 3 rings (SSSR count). The molecule has 1 heteroatoms. The van der Waals surface area contributed by atoms with Gasteiger partial charge in [-0.05, 0) is 36.5 Å². The average molecular weight is 318 g/mol. The fraction of sp³-hybridized carbons (Fsp3) is 0.261. The number of hydrogen-bond donors (Lipinski definition) is 0. The Labute approximate surface area is 146 Å². The standard InChI is InChI=1S/C13H14N.C10H14/c1-3-11-9-10-14(4-2)13-8-6-5-7-12(11)13;1-3-9(2)10-7-5-4-6-8-10/h3,5-10H,1,4H2,2H3;4-9H,3H2,1-2H3/q+1;. The summed E-state index contributed by atoms with van der Waals surface area (Å²) in [5, 5.41) is 1.27. The van der Waals surface area contributed by atoms with Crippen LogP contribution < -0.4 is 4.57 Å². The van der Waals surface area contributed by atoms with Gasteiger partial charge in [0.1, 0.15) is 6.54 Å². The minimum atomic E-state index is 0.709. The van der Waals surface area contributed by atoms with Gasteiger partial charge in [-0.3, -0.25) is 0 Å². The van der Waals surface area contributed by atoms with Gasteiger partial charge in [-0.15, -0.1) is 0 Å². The summed E-state index contributed by atoms with van der Waals surface area (Å²) in [5.41, 5.74) is 3.92. The maximum atomic E-state index is 3.83. The third-order valence-corrected chi connectivity index (χ3v) is 4.50. The smallest absolute Gasteiger partial charge is 0.199 e. The molecular formula is C23H28N+. The SMILES string of the molecule is C=Cc1cc[n+](CC)c2ccccc12.CCC(C)c1ccccc1. The summed E-state index contributed by atoms with van der Waals surface area (Å²) in [5.74, 6) is 0.709. The number of fused-ring (bicyclic) bond motifs is 1. The van der Waals surface area contributed by atoms with E-state index in [2.05, 4.69) is 98.8 Å². The van der Waals surface area contributed by atoms with Crippen molar-refractivity contribution in [3.05, 3.63) is 84.6 Å². The van der Waals surface area contributed by atoms with E-state index < -0.39 is 0 Å². The molecule has 0 bridgehead atoms. The summed E-state index contributed by atoms with van der Waals surface area (Å²) in [6.07, 6.45) is 5.24. The molecule has 1 atom stereocenters. The molecule has 0 aliphatic carbocycles. The fourth-order valence-corrected chi connectivity index (χ4v) is 2.78. The Morgan fingerprint density at radius 1 is 0.958 bits per heavy atom. The molecule has 0 saturated heterocycles. The second-order valence-corrected chi connectivity index (χ2v) is 6.00. The lowest BCUT2D eigenvalue weighted by molar-refractivity contribution is -0.667. The zero-order chi connectivity index (χ0) is 17.4. The van der Waals surface area contributed by atoms with Gasteiger partial charge in [0, 0.05) is 12.1 Å². The molecule has 1 heterocycles. The number of para-hydroxylation sites is 1. The highest BCUT2D eigenvalue weighted by atomic mass is 14.9. The number of nitrogens with zero attached hydrogens (tertiary/aromatic N) is 1. The normalized spacial score (nSPS) is 11.5. The van der Waals surface area contributed by atoms with Gasteiger partial charge in [0.05, 0.1) is 5.39 Å². The van der Waals surface area contributed by atoms with Crippen molar-refractivity contribution >= 4 is 17.0 Å². The predicted octanol–water partition coefficient (Wildman–Crippen LogP) is 5.99. The molecule has 1 nitrogen and oxygen atoms in total. The van der Waals surface area contributed by atoms with Crippen LogP contribution in [0, 0.1) is 0 Å². The zero-order valence-electron chi connectivity index (χ0n) is 15.1. The molecule has 24 heavy (non-hydrogen) atoms. The molecular weight excluding hydrogens is 290 g/mol. The van der Waals surface area contributed by atoms with Gasteiger partial charge in [-0.25, -0.2) is 0 Å². The lowest BCUT2D eigenvalue weighted by atomic mass is 9.99. The maximum absolute atomic E-state index is 3.83. The Morgan fingerprint density at radius 2 is 1.62 bits per heavy atom. The van der Waals surface area contributed by atoms with Crippen molar-refractivity contribution in [3.8, 4) is 0 Å². The second kappa shape index (κ2) is 9.02. The van der Waals surface area contributed by atoms with E-state index in [4.69, 9.17) is 0 Å². The Bertz CT molecular complexity index is 774. The molecule has 0 aliphatic rings. The van der Waals surface area contributed by atoms with Gasteiger partial charge in [-0.2, -0.15) is 4.57 Å². The fourth-order valence-electron chi connectivity index (χ4n) is 2.78. The summed E-state index contributed by atoms with van der Waals surface area (Å²) < 4.78 is 2.24. The van der Waals surface area contributed by atoms with E-state index in [1.165, 1.54) is 28.5 Å². The van der Waals surface area contributed by atoms with Crippen LogP contribution in [0.3, 0.4) is 0 Å². The van der Waals surface area contributed by atoms with Crippen molar-refractivity contribution in [3.63, 3.8) is 0 Å². The highest BCUT2D eigenvalue weighted by Crippen LogP contribution is 2.17. The van der Waals surface area contributed by atoms with E-state index in [9.17, 15) is 0 Å². The first-order valence-electron chi connectivity index (χ1n) is 8.79. The van der Waals surface area contributed by atoms with Crippen LogP contribution in [-0.4, -0.2) is 0 Å². The molecule has 0 fully saturated rings. The Morgan fingerprint density at radius 3 is 2.25 bits per heavy atom. The molecule has 124 valence electrons. The van der Waals surface area contributed by atoms with Crippen LogP contribution in [0.4, 0.5) is 0 Å². The summed E-state index contributed by atoms with van der Waals surface area (Å²) in [6.45, 7) is 11.5. The minimum absolute atomic E-state index is 0.709. The Hall–Kier alpha value is -2.41. The van der Waals surface area contributed by atoms with Crippen LogP contribution in [0.1, 0.15) is 44.2 Å². The lowest BCUT2D eigenvalue weighted by Gasteiger charge is -2.06. The number of rotatable bonds is 4. The zero-order valence-corrected chi connectivity index (χ0v) is 15.1. The summed E-state index contributed by atoms with van der Waals surface area (Å²) in [4.78, 5) is 0. The predicted molar refractivity (Wildman–Crippen MR) is 105 cm³/mol. The summed E-state index contributed by atoms with van der Waals surface area (Å²) >= 11 is 0. The van der Waals surface area contributed by atoms with E-state index in [0.717, 1.165) is 6.54 Å². The number of hydrogen-bond acceptors (Lipinski definition) is 0. The quantitative estimate of drug-likeness (QED) is 0.520. The van der Waals surface area contributed by atoms with Gasteiger partial charge in [0.2, 0.25) is 5.52 Å². The molecule has 0 aliphatic heterocycles. The van der Waals surface area contributed by atoms with Gasteiger partial charge in [0.25, 0.3) is 0 Å². The molecule has 0 amide bonds. The molecule has 3 aromatic rings. The van der Waals surface area contributed by atoms with Crippen molar-refractivity contribution in [2.24, 2.45) is 0 Å². The largest absolute Gasteiger partial charge is 0.213 e. The van der Waals surface area contributed by atoms with E-state index in [0.29, 0.717) is 5.92 Å². The number of aromatic nitrogens is 1. The van der Waals surface area contributed by atoms with Crippen LogP contribution in [0.15, 0.2) is 73.4 Å². The van der Waals surface area contributed by atoms with Crippen molar-refractivity contribution in [1.82, 2.24) is 0 Å². The van der Waals surface area contributed by atoms with E-state index in [-0.39, 0.29) is 0 Å². The molecule has 0 spiro atoms. The van der Waals surface area contributed by atoms with Crippen molar-refractivity contribution < 1.29 is 4.57 Å². The molecule has 0 N–H and O–H groups in total. The van der Waals surface area contributed by atoms with Gasteiger partial charge in [-0.1, -0.05) is 69.0 Å². The maximum Gasteiger partial charge on any atom is 0.213 e. The van der Waals surface area contributed by atoms with E-state index in [1.807, 2.05) is 6.08 Å². The van der Waals surface area contributed by atoms with Gasteiger partial charge in [0.15, 0.2) is 6.20 Å². The highest BCUT2D eigenvalue weighted by molar-refractivity contribution is 5.85. The molecule has 2 aromatic carbocycles. The number of benzene rings is 2. The first-order chi connectivity index (χ1) is 11.7. The third kappa shape index (κ3) is 4.32. The van der Waals surface area contributed by atoms with Crippen LogP contribution in [0.2, 0.25) is 0 Å². The van der Waals surface area contributed by atoms with Crippen molar-refractivity contribution in [1.29, 1.82) is 0 Å². The Balaban J connectivity index is 0.000000185. The van der Waals surface area contributed by atoms with Crippen LogP contribution in [0.5, 0.6) is 0 Å². The number of aryl methyl sites for hydroxylation is 1. The molecule has 1 unspecified atom stereocenters. The minimum Gasteiger partial charge on any atom is -0.199 e. The van der Waals surface area contributed by atoms with Crippen molar-refractivity contribution in [2.75, 3.05) is 0 Å². The second-order valence-electron chi connectivity index (χ2n) is 6.00. The molecule has 0 radical (unpaired) electrons. The van der Waals surface area contributed by atoms with Crippen molar-refractivity contribution in [2.45, 2.75) is 39.7 Å². The topological polar surface area (TPSA) is 3.88 Å². The molecule has 1 aromatic heterocycles.